The molecule has 3 aromatic rings. The van der Waals surface area contributed by atoms with Crippen molar-refractivity contribution in [2.45, 2.75) is 25.1 Å². The summed E-state index contributed by atoms with van der Waals surface area (Å²) in [6.07, 6.45) is 0. The van der Waals surface area contributed by atoms with Crippen LogP contribution in [0.4, 0.5) is 10.3 Å². The van der Waals surface area contributed by atoms with Crippen LogP contribution in [0.5, 0.6) is 0 Å². The van der Waals surface area contributed by atoms with Crippen LogP contribution in [0.3, 0.4) is 0 Å². The Bertz CT molecular complexity index is 946. The molecule has 136 valence electrons. The van der Waals surface area contributed by atoms with Crippen LogP contribution >= 0.6 is 34.4 Å². The fourth-order valence-electron chi connectivity index (χ4n) is 2.03. The van der Waals surface area contributed by atoms with E-state index in [-0.39, 0.29) is 17.6 Å². The van der Waals surface area contributed by atoms with E-state index in [4.69, 9.17) is 4.42 Å². The summed E-state index contributed by atoms with van der Waals surface area (Å²) in [5.74, 6) is 0.927. The molecule has 0 aliphatic rings. The largest absolute Gasteiger partial charge is 0.466 e. The normalized spacial score (nSPS) is 10.7. The van der Waals surface area contributed by atoms with Gasteiger partial charge in [-0.1, -0.05) is 23.1 Å². The molecule has 8 nitrogen and oxygen atoms in total. The number of nitrogens with zero attached hydrogens (tertiary/aromatic N) is 3. The molecular weight excluding hydrogens is 394 g/mol. The highest BCUT2D eigenvalue weighted by molar-refractivity contribution is 8.01. The van der Waals surface area contributed by atoms with Gasteiger partial charge in [0, 0.05) is 5.38 Å². The Labute approximate surface area is 161 Å². The molecule has 0 fully saturated rings. The Hall–Kier alpha value is -2.24. The number of rotatable bonds is 6. The van der Waals surface area contributed by atoms with Crippen molar-refractivity contribution in [1.82, 2.24) is 15.2 Å². The summed E-state index contributed by atoms with van der Waals surface area (Å²) in [6.45, 7) is 5.37. The number of anilines is 2. The van der Waals surface area contributed by atoms with Crippen LogP contribution in [0, 0.1) is 20.8 Å². The van der Waals surface area contributed by atoms with Gasteiger partial charge in [-0.15, -0.1) is 21.5 Å². The summed E-state index contributed by atoms with van der Waals surface area (Å²) in [4.78, 5) is 28.3. The number of aryl methyl sites for hydroxylation is 3. The number of thiazole rings is 1. The first-order valence-corrected chi connectivity index (χ1v) is 10.2. The zero-order valence-corrected chi connectivity index (χ0v) is 16.6. The van der Waals surface area contributed by atoms with Crippen LogP contribution in [0.25, 0.3) is 0 Å². The second-order valence-corrected chi connectivity index (χ2v) is 8.34. The van der Waals surface area contributed by atoms with Gasteiger partial charge in [0.2, 0.25) is 11.0 Å². The molecule has 0 atom stereocenters. The van der Waals surface area contributed by atoms with Crippen molar-refractivity contribution in [3.8, 4) is 0 Å². The zero-order chi connectivity index (χ0) is 18.7. The minimum absolute atomic E-state index is 0.172. The molecule has 0 saturated carbocycles. The zero-order valence-electron chi connectivity index (χ0n) is 14.2. The molecule has 3 aromatic heterocycles. The standard InChI is InChI=1S/C15H15N5O3S3/c1-7-5-24-13(16-7)17-11(21)6-25-15-20-19-14(26-15)18-12(22)10-4-8(2)23-9(10)3/h4-5H,6H2,1-3H3,(H,16,17,21)(H,18,19,22). The van der Waals surface area contributed by atoms with Gasteiger partial charge in [0.15, 0.2) is 9.47 Å². The predicted molar refractivity (Wildman–Crippen MR) is 102 cm³/mol. The molecule has 0 aliphatic heterocycles. The lowest BCUT2D eigenvalue weighted by Gasteiger charge is -1.99. The molecule has 3 rings (SSSR count). The molecule has 0 radical (unpaired) electrons. The van der Waals surface area contributed by atoms with E-state index in [0.29, 0.717) is 31.7 Å². The number of aromatic nitrogens is 3. The second-order valence-electron chi connectivity index (χ2n) is 5.29. The van der Waals surface area contributed by atoms with Gasteiger partial charge in [0.1, 0.15) is 11.5 Å². The summed E-state index contributed by atoms with van der Waals surface area (Å²) in [5.41, 5.74) is 1.33. The lowest BCUT2D eigenvalue weighted by Crippen LogP contribution is -2.13. The maximum Gasteiger partial charge on any atom is 0.261 e. The molecule has 3 heterocycles. The molecule has 0 unspecified atom stereocenters. The Morgan fingerprint density at radius 1 is 1.19 bits per heavy atom. The van der Waals surface area contributed by atoms with E-state index in [1.54, 1.807) is 19.9 Å². The summed E-state index contributed by atoms with van der Waals surface area (Å²) < 4.78 is 5.94. The third-order valence-corrected chi connectivity index (χ3v) is 5.95. The lowest BCUT2D eigenvalue weighted by molar-refractivity contribution is -0.113. The molecule has 0 aliphatic carbocycles. The number of thioether (sulfide) groups is 1. The van der Waals surface area contributed by atoms with Crippen molar-refractivity contribution in [1.29, 1.82) is 0 Å². The third kappa shape index (κ3) is 4.68. The summed E-state index contributed by atoms with van der Waals surface area (Å²) >= 11 is 3.83. The van der Waals surface area contributed by atoms with Gasteiger partial charge in [-0.3, -0.25) is 14.9 Å². The summed E-state index contributed by atoms with van der Waals surface area (Å²) in [5, 5.41) is 16.1. The van der Waals surface area contributed by atoms with Crippen molar-refractivity contribution < 1.29 is 14.0 Å². The first kappa shape index (κ1) is 18.5. The molecule has 0 saturated heterocycles. The van der Waals surface area contributed by atoms with Crippen LogP contribution in [0.1, 0.15) is 27.6 Å². The first-order valence-electron chi connectivity index (χ1n) is 7.47. The van der Waals surface area contributed by atoms with Crippen molar-refractivity contribution in [2.24, 2.45) is 0 Å². The molecule has 2 N–H and O–H groups in total. The number of amides is 2. The predicted octanol–water partition coefficient (Wildman–Crippen LogP) is 3.50. The van der Waals surface area contributed by atoms with E-state index < -0.39 is 0 Å². The van der Waals surface area contributed by atoms with Crippen molar-refractivity contribution >= 4 is 56.5 Å². The Kier molecular flexibility index (Phi) is 5.69. The van der Waals surface area contributed by atoms with E-state index in [2.05, 4.69) is 25.8 Å². The van der Waals surface area contributed by atoms with E-state index in [1.807, 2.05) is 12.3 Å². The molecule has 26 heavy (non-hydrogen) atoms. The minimum atomic E-state index is -0.302. The molecule has 0 bridgehead atoms. The highest BCUT2D eigenvalue weighted by Crippen LogP contribution is 2.26. The number of hydrogen-bond donors (Lipinski definition) is 2. The van der Waals surface area contributed by atoms with Crippen molar-refractivity contribution in [2.75, 3.05) is 16.4 Å². The number of carbonyl (C=O) groups is 2. The maximum atomic E-state index is 12.2. The fraction of sp³-hybridized carbons (Fsp3) is 0.267. The van der Waals surface area contributed by atoms with Crippen molar-refractivity contribution in [3.63, 3.8) is 0 Å². The average molecular weight is 410 g/mol. The van der Waals surface area contributed by atoms with E-state index in [0.717, 1.165) is 5.69 Å². The van der Waals surface area contributed by atoms with E-state index in [9.17, 15) is 9.59 Å². The minimum Gasteiger partial charge on any atom is -0.466 e. The SMILES string of the molecule is Cc1csc(NC(=O)CSc2nnc(NC(=O)c3cc(C)oc3C)s2)n1. The molecule has 0 spiro atoms. The van der Waals surface area contributed by atoms with Gasteiger partial charge in [0.25, 0.3) is 5.91 Å². The topological polar surface area (TPSA) is 110 Å². The van der Waals surface area contributed by atoms with E-state index >= 15 is 0 Å². The number of carbonyl (C=O) groups excluding carboxylic acids is 2. The summed E-state index contributed by atoms with van der Waals surface area (Å²) in [7, 11) is 0. The lowest BCUT2D eigenvalue weighted by atomic mass is 10.2. The molecule has 11 heteroatoms. The van der Waals surface area contributed by atoms with Gasteiger partial charge < -0.3 is 9.73 Å². The van der Waals surface area contributed by atoms with Crippen molar-refractivity contribution in [3.05, 3.63) is 34.2 Å². The summed E-state index contributed by atoms with van der Waals surface area (Å²) in [6, 6.07) is 1.67. The molecule has 2 amide bonds. The van der Waals surface area contributed by atoms with E-state index in [1.165, 1.54) is 34.4 Å². The van der Waals surface area contributed by atoms with Crippen LogP contribution in [-0.4, -0.2) is 32.7 Å². The smallest absolute Gasteiger partial charge is 0.261 e. The molecule has 0 aromatic carbocycles. The van der Waals surface area contributed by atoms with Gasteiger partial charge in [-0.2, -0.15) is 0 Å². The van der Waals surface area contributed by atoms with Crippen LogP contribution in [-0.2, 0) is 4.79 Å². The fourth-order valence-corrected chi connectivity index (χ4v) is 4.28. The van der Waals surface area contributed by atoms with Crippen LogP contribution in [0.15, 0.2) is 20.2 Å². The number of nitrogens with one attached hydrogen (secondary N) is 2. The van der Waals surface area contributed by atoms with Gasteiger partial charge in [-0.05, 0) is 26.8 Å². The second kappa shape index (κ2) is 7.98. The average Bonchev–Trinajstić information content (AvgIpc) is 3.27. The van der Waals surface area contributed by atoms with Gasteiger partial charge in [0.05, 0.1) is 17.0 Å². The Morgan fingerprint density at radius 2 is 2.00 bits per heavy atom. The third-order valence-electron chi connectivity index (χ3n) is 3.10. The first-order chi connectivity index (χ1) is 12.4. The van der Waals surface area contributed by atoms with Gasteiger partial charge in [-0.25, -0.2) is 4.98 Å². The molecular formula is C15H15N5O3S3. The Balaban J connectivity index is 1.52. The quantitative estimate of drug-likeness (QED) is 0.473. The van der Waals surface area contributed by atoms with Crippen LogP contribution < -0.4 is 10.6 Å². The monoisotopic (exact) mass is 409 g/mol. The highest BCUT2D eigenvalue weighted by atomic mass is 32.2. The number of hydrogen-bond acceptors (Lipinski definition) is 9. The maximum absolute atomic E-state index is 12.2. The van der Waals surface area contributed by atoms with Gasteiger partial charge >= 0.3 is 0 Å². The highest BCUT2D eigenvalue weighted by Gasteiger charge is 2.16. The number of furan rings is 1. The van der Waals surface area contributed by atoms with Crippen LogP contribution in [0.2, 0.25) is 0 Å². The Morgan fingerprint density at radius 3 is 2.65 bits per heavy atom.